The molecule has 1 aliphatic carbocycles. The molecule has 2 heteroatoms. The number of aliphatic hydroxyl groups is 1. The summed E-state index contributed by atoms with van der Waals surface area (Å²) in [7, 11) is 0. The Morgan fingerprint density at radius 3 is 2.50 bits per heavy atom. The molecule has 2 rings (SSSR count). The number of rotatable bonds is 1. The fraction of sp³-hybridized carbons (Fsp3) is 0.571. The molecule has 0 spiro atoms. The number of hydrogen-bond acceptors (Lipinski definition) is 1. The second kappa shape index (κ2) is 4.38. The van der Waals surface area contributed by atoms with E-state index in [1.165, 1.54) is 6.42 Å². The molecule has 16 heavy (non-hydrogen) atoms. The standard InChI is InChI=1S/C14H19ClO/c1-10-4-3-9-14(16,11(10)2)12-5-7-13(15)8-6-12/h5-8,10-11,16H,3-4,9H2,1-2H3. The maximum absolute atomic E-state index is 10.8. The molecule has 1 fully saturated rings. The highest BCUT2D eigenvalue weighted by Crippen LogP contribution is 2.44. The van der Waals surface area contributed by atoms with Gasteiger partial charge in [0.25, 0.3) is 0 Å². The van der Waals surface area contributed by atoms with E-state index in [1.54, 1.807) is 0 Å². The van der Waals surface area contributed by atoms with Crippen LogP contribution in [-0.2, 0) is 5.60 Å². The normalized spacial score (nSPS) is 35.0. The van der Waals surface area contributed by atoms with Gasteiger partial charge >= 0.3 is 0 Å². The van der Waals surface area contributed by atoms with Gasteiger partial charge in [-0.1, -0.05) is 44.0 Å². The van der Waals surface area contributed by atoms with Crippen molar-refractivity contribution in [2.75, 3.05) is 0 Å². The summed E-state index contributed by atoms with van der Waals surface area (Å²) in [6, 6.07) is 7.63. The monoisotopic (exact) mass is 238 g/mol. The zero-order valence-corrected chi connectivity index (χ0v) is 10.7. The van der Waals surface area contributed by atoms with Crippen LogP contribution in [-0.4, -0.2) is 5.11 Å². The average molecular weight is 239 g/mol. The Morgan fingerprint density at radius 1 is 1.25 bits per heavy atom. The Hall–Kier alpha value is -0.530. The Bertz CT molecular complexity index is 360. The van der Waals surface area contributed by atoms with Crippen LogP contribution >= 0.6 is 11.6 Å². The average Bonchev–Trinajstić information content (AvgIpc) is 2.27. The highest BCUT2D eigenvalue weighted by atomic mass is 35.5. The van der Waals surface area contributed by atoms with E-state index in [4.69, 9.17) is 11.6 Å². The van der Waals surface area contributed by atoms with Crippen molar-refractivity contribution in [2.24, 2.45) is 11.8 Å². The van der Waals surface area contributed by atoms with Crippen molar-refractivity contribution in [1.29, 1.82) is 0 Å². The Labute approximate surface area is 102 Å². The minimum Gasteiger partial charge on any atom is -0.385 e. The molecule has 0 saturated heterocycles. The largest absolute Gasteiger partial charge is 0.385 e. The van der Waals surface area contributed by atoms with Gasteiger partial charge in [-0.05, 0) is 42.4 Å². The summed E-state index contributed by atoms with van der Waals surface area (Å²) in [4.78, 5) is 0. The van der Waals surface area contributed by atoms with E-state index in [0.717, 1.165) is 23.4 Å². The summed E-state index contributed by atoms with van der Waals surface area (Å²) in [5.41, 5.74) is 0.346. The minimum atomic E-state index is -0.664. The molecular weight excluding hydrogens is 220 g/mol. The first-order valence-corrected chi connectivity index (χ1v) is 6.40. The molecule has 1 saturated carbocycles. The SMILES string of the molecule is CC1CCCC(O)(c2ccc(Cl)cc2)C1C. The molecule has 0 heterocycles. The van der Waals surface area contributed by atoms with Crippen molar-refractivity contribution in [3.05, 3.63) is 34.9 Å². The lowest BCUT2D eigenvalue weighted by Crippen LogP contribution is -2.40. The Kier molecular flexibility index (Phi) is 3.27. The fourth-order valence-corrected chi connectivity index (χ4v) is 2.91. The van der Waals surface area contributed by atoms with Crippen molar-refractivity contribution in [2.45, 2.75) is 38.7 Å². The predicted octanol–water partition coefficient (Wildman–Crippen LogP) is 3.98. The van der Waals surface area contributed by atoms with E-state index >= 15 is 0 Å². The topological polar surface area (TPSA) is 20.2 Å². The molecule has 1 aromatic rings. The van der Waals surface area contributed by atoms with Crippen LogP contribution in [0.15, 0.2) is 24.3 Å². The third kappa shape index (κ3) is 1.99. The molecule has 0 bridgehead atoms. The van der Waals surface area contributed by atoms with E-state index < -0.39 is 5.60 Å². The number of halogens is 1. The summed E-state index contributed by atoms with van der Waals surface area (Å²) in [5, 5.41) is 11.6. The summed E-state index contributed by atoms with van der Waals surface area (Å²) < 4.78 is 0. The number of hydrogen-bond donors (Lipinski definition) is 1. The van der Waals surface area contributed by atoms with E-state index in [-0.39, 0.29) is 0 Å². The molecule has 3 atom stereocenters. The second-order valence-corrected chi connectivity index (χ2v) is 5.53. The van der Waals surface area contributed by atoms with Crippen LogP contribution < -0.4 is 0 Å². The number of benzene rings is 1. The summed E-state index contributed by atoms with van der Waals surface area (Å²) in [6.45, 7) is 4.38. The van der Waals surface area contributed by atoms with Gasteiger partial charge < -0.3 is 5.11 Å². The van der Waals surface area contributed by atoms with Crippen LogP contribution in [0.3, 0.4) is 0 Å². The van der Waals surface area contributed by atoms with Gasteiger partial charge in [0, 0.05) is 5.02 Å². The third-order valence-corrected chi connectivity index (χ3v) is 4.42. The maximum atomic E-state index is 10.8. The van der Waals surface area contributed by atoms with Gasteiger partial charge in [-0.15, -0.1) is 0 Å². The Balaban J connectivity index is 2.33. The van der Waals surface area contributed by atoms with E-state index in [2.05, 4.69) is 13.8 Å². The molecule has 3 unspecified atom stereocenters. The van der Waals surface area contributed by atoms with Crippen molar-refractivity contribution < 1.29 is 5.11 Å². The molecule has 0 amide bonds. The molecule has 1 N–H and O–H groups in total. The highest BCUT2D eigenvalue weighted by Gasteiger charge is 2.40. The maximum Gasteiger partial charge on any atom is 0.0924 e. The second-order valence-electron chi connectivity index (χ2n) is 5.09. The van der Waals surface area contributed by atoms with Gasteiger partial charge in [0.15, 0.2) is 0 Å². The molecule has 0 aromatic heterocycles. The van der Waals surface area contributed by atoms with E-state index in [0.29, 0.717) is 11.8 Å². The van der Waals surface area contributed by atoms with Crippen molar-refractivity contribution in [3.63, 3.8) is 0 Å². The molecule has 0 aliphatic heterocycles. The van der Waals surface area contributed by atoms with Crippen LogP contribution in [0.1, 0.15) is 38.7 Å². The molecule has 1 nitrogen and oxygen atoms in total. The Morgan fingerprint density at radius 2 is 1.88 bits per heavy atom. The van der Waals surface area contributed by atoms with Gasteiger partial charge in [0.1, 0.15) is 0 Å². The van der Waals surface area contributed by atoms with E-state index in [1.807, 2.05) is 24.3 Å². The zero-order valence-electron chi connectivity index (χ0n) is 9.91. The van der Waals surface area contributed by atoms with Crippen molar-refractivity contribution >= 4 is 11.6 Å². The van der Waals surface area contributed by atoms with Gasteiger partial charge in [-0.2, -0.15) is 0 Å². The lowest BCUT2D eigenvalue weighted by molar-refractivity contribution is -0.0688. The van der Waals surface area contributed by atoms with Crippen LogP contribution in [0.25, 0.3) is 0 Å². The lowest BCUT2D eigenvalue weighted by Gasteiger charge is -2.42. The van der Waals surface area contributed by atoms with Crippen LogP contribution in [0.4, 0.5) is 0 Å². The van der Waals surface area contributed by atoms with Gasteiger partial charge in [0.05, 0.1) is 5.60 Å². The molecule has 1 aliphatic rings. The van der Waals surface area contributed by atoms with Gasteiger partial charge in [-0.3, -0.25) is 0 Å². The highest BCUT2D eigenvalue weighted by molar-refractivity contribution is 6.30. The van der Waals surface area contributed by atoms with Crippen LogP contribution in [0.5, 0.6) is 0 Å². The summed E-state index contributed by atoms with van der Waals surface area (Å²) in [5.74, 6) is 0.886. The van der Waals surface area contributed by atoms with Crippen LogP contribution in [0, 0.1) is 11.8 Å². The lowest BCUT2D eigenvalue weighted by atomic mass is 9.67. The first kappa shape index (κ1) is 11.9. The minimum absolute atomic E-state index is 0.308. The molecule has 1 aromatic carbocycles. The molecular formula is C14H19ClO. The van der Waals surface area contributed by atoms with E-state index in [9.17, 15) is 5.11 Å². The van der Waals surface area contributed by atoms with Gasteiger partial charge in [0.2, 0.25) is 0 Å². The zero-order chi connectivity index (χ0) is 11.8. The quantitative estimate of drug-likeness (QED) is 0.785. The van der Waals surface area contributed by atoms with Crippen molar-refractivity contribution in [1.82, 2.24) is 0 Å². The summed E-state index contributed by atoms with van der Waals surface area (Å²) >= 11 is 5.88. The van der Waals surface area contributed by atoms with Crippen LogP contribution in [0.2, 0.25) is 5.02 Å². The third-order valence-electron chi connectivity index (χ3n) is 4.17. The van der Waals surface area contributed by atoms with Gasteiger partial charge in [-0.25, -0.2) is 0 Å². The first-order valence-electron chi connectivity index (χ1n) is 6.02. The molecule has 0 radical (unpaired) electrons. The fourth-order valence-electron chi connectivity index (χ4n) is 2.79. The first-order chi connectivity index (χ1) is 7.54. The molecule has 88 valence electrons. The smallest absolute Gasteiger partial charge is 0.0924 e. The predicted molar refractivity (Wildman–Crippen MR) is 67.5 cm³/mol. The van der Waals surface area contributed by atoms with Crippen molar-refractivity contribution in [3.8, 4) is 0 Å². The summed E-state index contributed by atoms with van der Waals surface area (Å²) in [6.07, 6.45) is 3.18.